The fourth-order valence-electron chi connectivity index (χ4n) is 2.59. The molecule has 0 aliphatic carbocycles. The predicted molar refractivity (Wildman–Crippen MR) is 97.4 cm³/mol. The van der Waals surface area contributed by atoms with Crippen molar-refractivity contribution in [2.45, 2.75) is 84.1 Å². The summed E-state index contributed by atoms with van der Waals surface area (Å²) in [6.45, 7) is 6.15. The molecule has 0 aromatic heterocycles. The van der Waals surface area contributed by atoms with E-state index in [1.165, 1.54) is 7.11 Å². The van der Waals surface area contributed by atoms with Crippen molar-refractivity contribution >= 4 is 23.9 Å². The summed E-state index contributed by atoms with van der Waals surface area (Å²) < 4.78 is 32.4. The Morgan fingerprint density at radius 3 is 1.59 bits per heavy atom. The van der Waals surface area contributed by atoms with Crippen LogP contribution in [-0.4, -0.2) is 68.3 Å². The van der Waals surface area contributed by atoms with E-state index in [0.717, 1.165) is 0 Å². The Morgan fingerprint density at radius 2 is 1.14 bits per heavy atom. The number of carbonyl (C=O) groups is 4. The summed E-state index contributed by atoms with van der Waals surface area (Å²) in [5.41, 5.74) is 0. The molecule has 5 atom stereocenters. The van der Waals surface area contributed by atoms with Crippen molar-refractivity contribution in [3.63, 3.8) is 0 Å². The van der Waals surface area contributed by atoms with E-state index in [4.69, 9.17) is 28.4 Å². The zero-order valence-electron chi connectivity index (χ0n) is 17.5. The van der Waals surface area contributed by atoms with Gasteiger partial charge in [-0.3, -0.25) is 19.2 Å². The number of hydrogen-bond acceptors (Lipinski definition) is 10. The minimum atomic E-state index is -1.20. The van der Waals surface area contributed by atoms with E-state index in [9.17, 15) is 19.2 Å². The topological polar surface area (TPSA) is 124 Å². The minimum Gasteiger partial charge on any atom is -0.463 e. The average Bonchev–Trinajstić information content (AvgIpc) is 2.73. The molecule has 10 heteroatoms. The Balaban J connectivity index is 3.25. The van der Waals surface area contributed by atoms with Gasteiger partial charge in [-0.25, -0.2) is 0 Å². The molecular weight excluding hydrogens is 388 g/mol. The third kappa shape index (κ3) is 7.28. The number of esters is 4. The molecule has 0 amide bonds. The standard InChI is InChI=1S/C19H30O10/c1-6-12(20)25-10-11-16(27-13(21)7-2)17(28-14(22)8-3)18(19(24-5)26-11)29-15(23)9-4/h11,16-19H,6-10H2,1-5H3/t11-,16-,17+,18+,19+/m1/s1. The lowest BCUT2D eigenvalue weighted by atomic mass is 9.98. The molecule has 1 aliphatic rings. The zero-order chi connectivity index (χ0) is 22.0. The van der Waals surface area contributed by atoms with E-state index in [1.807, 2.05) is 0 Å². The van der Waals surface area contributed by atoms with E-state index in [2.05, 4.69) is 0 Å². The molecule has 0 N–H and O–H groups in total. The molecule has 166 valence electrons. The van der Waals surface area contributed by atoms with Crippen LogP contribution in [0.15, 0.2) is 0 Å². The molecule has 29 heavy (non-hydrogen) atoms. The Kier molecular flexibility index (Phi) is 10.6. The van der Waals surface area contributed by atoms with Crippen LogP contribution in [0.1, 0.15) is 53.4 Å². The monoisotopic (exact) mass is 418 g/mol. The summed E-state index contributed by atoms with van der Waals surface area (Å²) in [6, 6.07) is 0. The van der Waals surface area contributed by atoms with Gasteiger partial charge in [-0.2, -0.15) is 0 Å². The molecular formula is C19H30O10. The molecule has 1 heterocycles. The van der Waals surface area contributed by atoms with Gasteiger partial charge in [0, 0.05) is 32.8 Å². The van der Waals surface area contributed by atoms with Crippen LogP contribution in [0.4, 0.5) is 0 Å². The summed E-state index contributed by atoms with van der Waals surface area (Å²) in [4.78, 5) is 47.5. The highest BCUT2D eigenvalue weighted by Crippen LogP contribution is 2.30. The van der Waals surface area contributed by atoms with Crippen molar-refractivity contribution in [3.8, 4) is 0 Å². The van der Waals surface area contributed by atoms with Crippen molar-refractivity contribution in [2.75, 3.05) is 13.7 Å². The van der Waals surface area contributed by atoms with E-state index < -0.39 is 54.6 Å². The molecule has 0 aromatic carbocycles. The van der Waals surface area contributed by atoms with Crippen molar-refractivity contribution in [1.82, 2.24) is 0 Å². The quantitative estimate of drug-likeness (QED) is 0.378. The van der Waals surface area contributed by atoms with Crippen molar-refractivity contribution in [2.24, 2.45) is 0 Å². The Labute approximate surface area is 170 Å². The van der Waals surface area contributed by atoms with Gasteiger partial charge in [-0.15, -0.1) is 0 Å². The summed E-state index contributed by atoms with van der Waals surface area (Å²) in [7, 11) is 1.32. The molecule has 1 fully saturated rings. The van der Waals surface area contributed by atoms with Gasteiger partial charge in [0.25, 0.3) is 0 Å². The maximum atomic E-state index is 12.0. The van der Waals surface area contributed by atoms with Crippen LogP contribution in [0.2, 0.25) is 0 Å². The molecule has 10 nitrogen and oxygen atoms in total. The first-order valence-electron chi connectivity index (χ1n) is 9.73. The van der Waals surface area contributed by atoms with Gasteiger partial charge in [0.1, 0.15) is 12.7 Å². The predicted octanol–water partition coefficient (Wildman–Crippen LogP) is 1.28. The molecule has 1 rings (SSSR count). The molecule has 1 saturated heterocycles. The van der Waals surface area contributed by atoms with Crippen LogP contribution >= 0.6 is 0 Å². The Bertz CT molecular complexity index is 575. The second kappa shape index (κ2) is 12.4. The van der Waals surface area contributed by atoms with Crippen molar-refractivity contribution in [1.29, 1.82) is 0 Å². The lowest BCUT2D eigenvalue weighted by molar-refractivity contribution is -0.303. The third-order valence-corrected chi connectivity index (χ3v) is 4.19. The van der Waals surface area contributed by atoms with E-state index >= 15 is 0 Å². The maximum absolute atomic E-state index is 12.0. The highest BCUT2D eigenvalue weighted by Gasteiger charge is 2.52. The number of methoxy groups -OCH3 is 1. The van der Waals surface area contributed by atoms with Crippen LogP contribution in [0.25, 0.3) is 0 Å². The summed E-state index contributed by atoms with van der Waals surface area (Å²) >= 11 is 0. The van der Waals surface area contributed by atoms with Gasteiger partial charge >= 0.3 is 23.9 Å². The van der Waals surface area contributed by atoms with Crippen molar-refractivity contribution in [3.05, 3.63) is 0 Å². The number of ether oxygens (including phenoxy) is 6. The first kappa shape index (κ1) is 24.8. The third-order valence-electron chi connectivity index (χ3n) is 4.19. The van der Waals surface area contributed by atoms with E-state index in [0.29, 0.717) is 0 Å². The van der Waals surface area contributed by atoms with Gasteiger partial charge in [0.15, 0.2) is 24.6 Å². The van der Waals surface area contributed by atoms with Crippen LogP contribution in [0.3, 0.4) is 0 Å². The molecule has 0 spiro atoms. The highest BCUT2D eigenvalue weighted by molar-refractivity contribution is 5.71. The van der Waals surface area contributed by atoms with Gasteiger partial charge in [-0.1, -0.05) is 27.7 Å². The number of carbonyl (C=O) groups excluding carboxylic acids is 4. The van der Waals surface area contributed by atoms with Crippen LogP contribution in [0, 0.1) is 0 Å². The summed E-state index contributed by atoms with van der Waals surface area (Å²) in [5.74, 6) is -2.23. The first-order chi connectivity index (χ1) is 13.8. The molecule has 0 saturated carbocycles. The molecule has 0 radical (unpaired) electrons. The van der Waals surface area contributed by atoms with Gasteiger partial charge in [-0.05, 0) is 0 Å². The smallest absolute Gasteiger partial charge is 0.306 e. The van der Waals surface area contributed by atoms with Crippen LogP contribution in [-0.2, 0) is 47.6 Å². The summed E-state index contributed by atoms with van der Waals surface area (Å²) in [6.07, 6.45) is -5.33. The molecule has 1 aliphatic heterocycles. The normalized spacial score (nSPS) is 26.3. The van der Waals surface area contributed by atoms with E-state index in [-0.39, 0.29) is 32.3 Å². The lowest BCUT2D eigenvalue weighted by Gasteiger charge is -2.43. The van der Waals surface area contributed by atoms with Gasteiger partial charge in [0.05, 0.1) is 0 Å². The molecule has 0 unspecified atom stereocenters. The Hall–Kier alpha value is -2.20. The number of rotatable bonds is 10. The molecule has 0 aromatic rings. The largest absolute Gasteiger partial charge is 0.463 e. The fourth-order valence-corrected chi connectivity index (χ4v) is 2.59. The second-order valence-electron chi connectivity index (χ2n) is 6.24. The maximum Gasteiger partial charge on any atom is 0.306 e. The average molecular weight is 418 g/mol. The van der Waals surface area contributed by atoms with Gasteiger partial charge in [0.2, 0.25) is 0 Å². The summed E-state index contributed by atoms with van der Waals surface area (Å²) in [5, 5.41) is 0. The SMILES string of the molecule is CCC(=O)OC[C@H]1O[C@H](OC)[C@@H](OC(=O)CC)[C@@H](OC(=O)CC)[C@@H]1OC(=O)CC. The number of hydrogen-bond donors (Lipinski definition) is 0. The van der Waals surface area contributed by atoms with E-state index in [1.54, 1.807) is 27.7 Å². The Morgan fingerprint density at radius 1 is 0.690 bits per heavy atom. The minimum absolute atomic E-state index is 0.0490. The first-order valence-corrected chi connectivity index (χ1v) is 9.73. The highest BCUT2D eigenvalue weighted by atomic mass is 16.7. The van der Waals surface area contributed by atoms with Crippen LogP contribution < -0.4 is 0 Å². The lowest BCUT2D eigenvalue weighted by Crippen LogP contribution is -2.63. The molecule has 0 bridgehead atoms. The van der Waals surface area contributed by atoms with Crippen molar-refractivity contribution < 1.29 is 47.6 Å². The zero-order valence-corrected chi connectivity index (χ0v) is 17.5. The fraction of sp³-hybridized carbons (Fsp3) is 0.789. The second-order valence-corrected chi connectivity index (χ2v) is 6.24. The van der Waals surface area contributed by atoms with Crippen LogP contribution in [0.5, 0.6) is 0 Å². The van der Waals surface area contributed by atoms with Gasteiger partial charge < -0.3 is 28.4 Å².